The zero-order valence-electron chi connectivity index (χ0n) is 10.7. The van der Waals surface area contributed by atoms with Crippen LogP contribution in [0.2, 0.25) is 5.02 Å². The SMILES string of the molecule is CC(C)c1nc(C(=O)Nc2c(Cl)cc(F)cc2Br)n[nH]1. The largest absolute Gasteiger partial charge is 0.317 e. The van der Waals surface area contributed by atoms with E-state index in [1.807, 2.05) is 13.8 Å². The molecule has 20 heavy (non-hydrogen) atoms. The fourth-order valence-corrected chi connectivity index (χ4v) is 2.36. The number of benzene rings is 1. The number of nitrogens with one attached hydrogen (secondary N) is 2. The predicted molar refractivity (Wildman–Crippen MR) is 77.5 cm³/mol. The molecule has 0 saturated carbocycles. The van der Waals surface area contributed by atoms with E-state index in [-0.39, 0.29) is 22.5 Å². The van der Waals surface area contributed by atoms with Gasteiger partial charge in [-0.05, 0) is 28.1 Å². The lowest BCUT2D eigenvalue weighted by molar-refractivity contribution is 0.101. The number of carbonyl (C=O) groups excluding carboxylic acids is 1. The highest BCUT2D eigenvalue weighted by Crippen LogP contribution is 2.31. The zero-order chi connectivity index (χ0) is 14.9. The first kappa shape index (κ1) is 14.9. The van der Waals surface area contributed by atoms with E-state index >= 15 is 0 Å². The number of nitrogens with zero attached hydrogens (tertiary/aromatic N) is 2. The lowest BCUT2D eigenvalue weighted by atomic mass is 10.2. The van der Waals surface area contributed by atoms with Crippen LogP contribution in [0.4, 0.5) is 10.1 Å². The lowest BCUT2D eigenvalue weighted by Crippen LogP contribution is -2.14. The third-order valence-corrected chi connectivity index (χ3v) is 3.42. The molecule has 0 saturated heterocycles. The zero-order valence-corrected chi connectivity index (χ0v) is 13.0. The molecule has 0 aliphatic rings. The molecule has 0 aliphatic carbocycles. The highest BCUT2D eigenvalue weighted by molar-refractivity contribution is 9.10. The molecule has 0 bridgehead atoms. The van der Waals surface area contributed by atoms with Gasteiger partial charge in [0.1, 0.15) is 11.6 Å². The summed E-state index contributed by atoms with van der Waals surface area (Å²) in [5, 5.41) is 9.15. The number of amides is 1. The van der Waals surface area contributed by atoms with E-state index in [0.29, 0.717) is 10.3 Å². The molecule has 0 fully saturated rings. The number of hydrogen-bond acceptors (Lipinski definition) is 3. The molecule has 0 unspecified atom stereocenters. The highest BCUT2D eigenvalue weighted by Gasteiger charge is 2.17. The molecule has 1 aromatic heterocycles. The van der Waals surface area contributed by atoms with Gasteiger partial charge in [0.05, 0.1) is 10.7 Å². The monoisotopic (exact) mass is 360 g/mol. The van der Waals surface area contributed by atoms with Gasteiger partial charge in [-0.25, -0.2) is 9.37 Å². The first-order valence-electron chi connectivity index (χ1n) is 5.76. The summed E-state index contributed by atoms with van der Waals surface area (Å²) in [6.07, 6.45) is 0. The third-order valence-electron chi connectivity index (χ3n) is 2.50. The van der Waals surface area contributed by atoms with Crippen molar-refractivity contribution in [3.63, 3.8) is 0 Å². The number of aromatic amines is 1. The molecular weight excluding hydrogens is 351 g/mol. The molecule has 2 aromatic rings. The van der Waals surface area contributed by atoms with E-state index in [2.05, 4.69) is 36.4 Å². The number of H-pyrrole nitrogens is 1. The van der Waals surface area contributed by atoms with Gasteiger partial charge in [0.2, 0.25) is 5.82 Å². The molecule has 0 aliphatic heterocycles. The number of rotatable bonds is 3. The normalized spacial score (nSPS) is 10.9. The van der Waals surface area contributed by atoms with Crippen molar-refractivity contribution < 1.29 is 9.18 Å². The summed E-state index contributed by atoms with van der Waals surface area (Å²) in [7, 11) is 0. The molecule has 5 nitrogen and oxygen atoms in total. The second kappa shape index (κ2) is 5.88. The summed E-state index contributed by atoms with van der Waals surface area (Å²) in [4.78, 5) is 16.1. The molecule has 8 heteroatoms. The Kier molecular flexibility index (Phi) is 4.39. The van der Waals surface area contributed by atoms with Crippen molar-refractivity contribution >= 4 is 39.1 Å². The molecule has 2 N–H and O–H groups in total. The van der Waals surface area contributed by atoms with E-state index < -0.39 is 11.7 Å². The predicted octanol–water partition coefficient (Wildman–Crippen LogP) is 3.74. The minimum Gasteiger partial charge on any atom is -0.317 e. The van der Waals surface area contributed by atoms with Gasteiger partial charge < -0.3 is 5.32 Å². The van der Waals surface area contributed by atoms with Gasteiger partial charge in [-0.2, -0.15) is 0 Å². The van der Waals surface area contributed by atoms with Crippen LogP contribution in [0.3, 0.4) is 0 Å². The maximum atomic E-state index is 13.1. The summed E-state index contributed by atoms with van der Waals surface area (Å²) >= 11 is 9.03. The Hall–Kier alpha value is -1.47. The quantitative estimate of drug-likeness (QED) is 0.875. The fraction of sp³-hybridized carbons (Fsp3) is 0.250. The average molecular weight is 362 g/mol. The number of anilines is 1. The van der Waals surface area contributed by atoms with E-state index in [1.165, 1.54) is 6.07 Å². The highest BCUT2D eigenvalue weighted by atomic mass is 79.9. The van der Waals surface area contributed by atoms with Gasteiger partial charge in [-0.1, -0.05) is 25.4 Å². The van der Waals surface area contributed by atoms with Crippen molar-refractivity contribution in [1.29, 1.82) is 0 Å². The van der Waals surface area contributed by atoms with E-state index in [4.69, 9.17) is 11.6 Å². The summed E-state index contributed by atoms with van der Waals surface area (Å²) in [6.45, 7) is 3.85. The van der Waals surface area contributed by atoms with Crippen LogP contribution in [0.15, 0.2) is 16.6 Å². The molecule has 1 aromatic carbocycles. The van der Waals surface area contributed by atoms with Gasteiger partial charge in [0.15, 0.2) is 0 Å². The van der Waals surface area contributed by atoms with Gasteiger partial charge in [-0.15, -0.1) is 5.10 Å². The topological polar surface area (TPSA) is 70.7 Å². The van der Waals surface area contributed by atoms with Crippen molar-refractivity contribution in [3.8, 4) is 0 Å². The van der Waals surface area contributed by atoms with Crippen LogP contribution in [-0.2, 0) is 0 Å². The maximum absolute atomic E-state index is 13.1. The molecule has 106 valence electrons. The Balaban J connectivity index is 2.23. The van der Waals surface area contributed by atoms with Crippen LogP contribution in [-0.4, -0.2) is 21.1 Å². The van der Waals surface area contributed by atoms with Gasteiger partial charge in [0.25, 0.3) is 5.91 Å². The first-order chi connectivity index (χ1) is 9.38. The van der Waals surface area contributed by atoms with Gasteiger partial charge in [-0.3, -0.25) is 9.89 Å². The summed E-state index contributed by atoms with van der Waals surface area (Å²) < 4.78 is 13.4. The summed E-state index contributed by atoms with van der Waals surface area (Å²) in [5.41, 5.74) is 0.272. The van der Waals surface area contributed by atoms with E-state index in [1.54, 1.807) is 0 Å². The summed E-state index contributed by atoms with van der Waals surface area (Å²) in [5.74, 6) is -0.284. The van der Waals surface area contributed by atoms with Crippen LogP contribution < -0.4 is 5.32 Å². The van der Waals surface area contributed by atoms with E-state index in [0.717, 1.165) is 6.07 Å². The minimum atomic E-state index is -0.526. The Morgan fingerprint density at radius 2 is 2.20 bits per heavy atom. The molecule has 0 atom stereocenters. The molecule has 2 rings (SSSR count). The van der Waals surface area contributed by atoms with Gasteiger partial charge >= 0.3 is 0 Å². The lowest BCUT2D eigenvalue weighted by Gasteiger charge is -2.07. The van der Waals surface area contributed by atoms with Crippen molar-refractivity contribution in [1.82, 2.24) is 15.2 Å². The smallest absolute Gasteiger partial charge is 0.295 e. The molecular formula is C12H11BrClFN4O. The number of hydrogen-bond donors (Lipinski definition) is 2. The Bertz CT molecular complexity index is 636. The molecule has 0 radical (unpaired) electrons. The van der Waals surface area contributed by atoms with Crippen molar-refractivity contribution in [3.05, 3.63) is 39.1 Å². The average Bonchev–Trinajstić information content (AvgIpc) is 2.83. The number of aromatic nitrogens is 3. The summed E-state index contributed by atoms with van der Waals surface area (Å²) in [6, 6.07) is 2.32. The fourth-order valence-electron chi connectivity index (χ4n) is 1.47. The number of halogens is 3. The van der Waals surface area contributed by atoms with Gasteiger partial charge in [0, 0.05) is 10.4 Å². The third kappa shape index (κ3) is 3.16. The Morgan fingerprint density at radius 1 is 1.50 bits per heavy atom. The van der Waals surface area contributed by atoms with Crippen LogP contribution in [0.25, 0.3) is 0 Å². The number of carbonyl (C=O) groups is 1. The van der Waals surface area contributed by atoms with Crippen LogP contribution in [0, 0.1) is 5.82 Å². The van der Waals surface area contributed by atoms with Crippen LogP contribution in [0.1, 0.15) is 36.2 Å². The minimum absolute atomic E-state index is 0.000918. The Labute approximate surface area is 128 Å². The van der Waals surface area contributed by atoms with Crippen LogP contribution in [0.5, 0.6) is 0 Å². The second-order valence-electron chi connectivity index (χ2n) is 4.40. The van der Waals surface area contributed by atoms with Crippen molar-refractivity contribution in [2.45, 2.75) is 19.8 Å². The molecule has 1 amide bonds. The van der Waals surface area contributed by atoms with E-state index in [9.17, 15) is 9.18 Å². The second-order valence-corrected chi connectivity index (χ2v) is 5.66. The van der Waals surface area contributed by atoms with Crippen molar-refractivity contribution in [2.75, 3.05) is 5.32 Å². The first-order valence-corrected chi connectivity index (χ1v) is 6.93. The standard InChI is InChI=1S/C12H11BrClFN4O/c1-5(2)10-17-11(19-18-10)12(20)16-9-7(13)3-6(15)4-8(9)14/h3-5H,1-2H3,(H,16,20)(H,17,18,19). The van der Waals surface area contributed by atoms with Crippen molar-refractivity contribution in [2.24, 2.45) is 0 Å². The van der Waals surface area contributed by atoms with Crippen LogP contribution >= 0.6 is 27.5 Å². The molecule has 0 spiro atoms. The Morgan fingerprint density at radius 3 is 2.75 bits per heavy atom. The maximum Gasteiger partial charge on any atom is 0.295 e. The molecule has 1 heterocycles.